The van der Waals surface area contributed by atoms with Crippen LogP contribution in [0.3, 0.4) is 0 Å². The third-order valence-electron chi connectivity index (χ3n) is 3.00. The van der Waals surface area contributed by atoms with Crippen molar-refractivity contribution in [3.8, 4) is 0 Å². The van der Waals surface area contributed by atoms with Gasteiger partial charge in [-0.05, 0) is 6.92 Å². The molecule has 1 atom stereocenters. The van der Waals surface area contributed by atoms with Crippen LogP contribution in [0, 0.1) is 0 Å². The number of hydrogen-bond donors (Lipinski definition) is 3. The Balaban J connectivity index is 2.10. The predicted molar refractivity (Wildman–Crippen MR) is 75.6 cm³/mol. The molecule has 4 N–H and O–H groups in total. The van der Waals surface area contributed by atoms with Crippen molar-refractivity contribution >= 4 is 17.8 Å². The van der Waals surface area contributed by atoms with E-state index in [0.717, 1.165) is 13.1 Å². The van der Waals surface area contributed by atoms with Crippen LogP contribution in [-0.4, -0.2) is 61.0 Å². The molecule has 0 bridgehead atoms. The highest BCUT2D eigenvalue weighted by Crippen LogP contribution is 2.14. The molecule has 0 radical (unpaired) electrons. The van der Waals surface area contributed by atoms with Crippen molar-refractivity contribution in [2.24, 2.45) is 5.84 Å². The van der Waals surface area contributed by atoms with E-state index < -0.39 is 0 Å². The molecule has 1 unspecified atom stereocenters. The molecule has 1 aromatic rings. The minimum atomic E-state index is 0.0629. The second-order valence-electron chi connectivity index (χ2n) is 4.45. The summed E-state index contributed by atoms with van der Waals surface area (Å²) in [6.45, 7) is 5.40. The van der Waals surface area contributed by atoms with Gasteiger partial charge >= 0.3 is 0 Å². The Morgan fingerprint density at radius 2 is 2.00 bits per heavy atom. The molecule has 9 nitrogen and oxygen atoms in total. The number of nitrogens with two attached hydrogens (primary N) is 1. The van der Waals surface area contributed by atoms with Crippen LogP contribution in [0.1, 0.15) is 6.92 Å². The van der Waals surface area contributed by atoms with E-state index in [1.165, 1.54) is 0 Å². The van der Waals surface area contributed by atoms with Gasteiger partial charge in [0.15, 0.2) is 0 Å². The predicted octanol–water partition coefficient (Wildman–Crippen LogP) is -0.559. The number of nitrogens with zero attached hydrogens (tertiary/aromatic N) is 4. The van der Waals surface area contributed by atoms with Gasteiger partial charge in [0, 0.05) is 26.7 Å². The van der Waals surface area contributed by atoms with Crippen LogP contribution in [0.2, 0.25) is 0 Å². The summed E-state index contributed by atoms with van der Waals surface area (Å²) < 4.78 is 10.5. The fraction of sp³-hybridized carbons (Fsp3) is 0.727. The summed E-state index contributed by atoms with van der Waals surface area (Å²) in [5.74, 6) is 6.79. The van der Waals surface area contributed by atoms with Crippen molar-refractivity contribution in [2.45, 2.75) is 13.0 Å². The molecule has 1 aliphatic heterocycles. The quantitative estimate of drug-likeness (QED) is 0.467. The molecular formula is C11H21N7O2. The first kappa shape index (κ1) is 14.7. The lowest BCUT2D eigenvalue weighted by molar-refractivity contribution is 0.122. The van der Waals surface area contributed by atoms with Gasteiger partial charge in [-0.3, -0.25) is 5.43 Å². The average Bonchev–Trinajstić information content (AvgIpc) is 2.53. The molecule has 1 saturated heterocycles. The first-order chi connectivity index (χ1) is 9.72. The molecule has 0 amide bonds. The Bertz CT molecular complexity index is 425. The van der Waals surface area contributed by atoms with Crippen molar-refractivity contribution in [3.05, 3.63) is 0 Å². The van der Waals surface area contributed by atoms with E-state index in [4.69, 9.17) is 15.3 Å². The van der Waals surface area contributed by atoms with Gasteiger partial charge in [-0.1, -0.05) is 0 Å². The number of methoxy groups -OCH3 is 1. The number of ether oxygens (including phenoxy) is 2. The SMILES string of the molecule is COC(C)CNc1nc(NN)nc(N2CCOCC2)n1. The van der Waals surface area contributed by atoms with Crippen molar-refractivity contribution < 1.29 is 9.47 Å². The number of rotatable bonds is 6. The van der Waals surface area contributed by atoms with Gasteiger partial charge in [0.2, 0.25) is 17.8 Å². The summed E-state index contributed by atoms with van der Waals surface area (Å²) >= 11 is 0. The lowest BCUT2D eigenvalue weighted by Gasteiger charge is -2.27. The summed E-state index contributed by atoms with van der Waals surface area (Å²) in [6.07, 6.45) is 0.0629. The minimum Gasteiger partial charge on any atom is -0.380 e. The summed E-state index contributed by atoms with van der Waals surface area (Å²) in [6, 6.07) is 0. The first-order valence-electron chi connectivity index (χ1n) is 6.55. The molecule has 2 rings (SSSR count). The minimum absolute atomic E-state index is 0.0629. The topological polar surface area (TPSA) is 110 Å². The molecule has 112 valence electrons. The molecule has 9 heteroatoms. The Hall–Kier alpha value is -1.71. The first-order valence-corrected chi connectivity index (χ1v) is 6.55. The summed E-state index contributed by atoms with van der Waals surface area (Å²) in [7, 11) is 1.66. The molecule has 1 fully saturated rings. The standard InChI is InChI=1S/C11H21N7O2/c1-8(19-2)7-13-9-14-10(17-12)16-11(15-9)18-3-5-20-6-4-18/h8H,3-7,12H2,1-2H3,(H2,13,14,15,16,17). The van der Waals surface area contributed by atoms with Gasteiger partial charge in [-0.2, -0.15) is 15.0 Å². The summed E-state index contributed by atoms with van der Waals surface area (Å²) in [5, 5.41) is 3.11. The zero-order chi connectivity index (χ0) is 14.4. The zero-order valence-electron chi connectivity index (χ0n) is 11.8. The van der Waals surface area contributed by atoms with Crippen LogP contribution in [-0.2, 0) is 9.47 Å². The molecular weight excluding hydrogens is 262 g/mol. The highest BCUT2D eigenvalue weighted by molar-refractivity contribution is 5.43. The van der Waals surface area contributed by atoms with E-state index in [1.807, 2.05) is 11.8 Å². The van der Waals surface area contributed by atoms with Crippen LogP contribution < -0.4 is 21.5 Å². The van der Waals surface area contributed by atoms with Crippen molar-refractivity contribution in [1.82, 2.24) is 15.0 Å². The summed E-state index contributed by atoms with van der Waals surface area (Å²) in [5.41, 5.74) is 2.46. The summed E-state index contributed by atoms with van der Waals surface area (Å²) in [4.78, 5) is 14.9. The Kier molecular flexibility index (Phi) is 5.27. The van der Waals surface area contributed by atoms with E-state index in [9.17, 15) is 0 Å². The number of anilines is 3. The number of hydrazine groups is 1. The van der Waals surface area contributed by atoms with E-state index in [2.05, 4.69) is 25.7 Å². The van der Waals surface area contributed by atoms with Crippen LogP contribution in [0.15, 0.2) is 0 Å². The number of morpholine rings is 1. The molecule has 1 aromatic heterocycles. The number of nitrogens with one attached hydrogen (secondary N) is 2. The Labute approximate surface area is 117 Å². The molecule has 1 aliphatic rings. The Morgan fingerprint density at radius 1 is 1.30 bits per heavy atom. The molecule has 0 saturated carbocycles. The van der Waals surface area contributed by atoms with Gasteiger partial charge in [0.05, 0.1) is 19.3 Å². The third-order valence-corrected chi connectivity index (χ3v) is 3.00. The van der Waals surface area contributed by atoms with E-state index >= 15 is 0 Å². The Morgan fingerprint density at radius 3 is 2.65 bits per heavy atom. The molecule has 2 heterocycles. The number of hydrogen-bond acceptors (Lipinski definition) is 9. The molecule has 0 aliphatic carbocycles. The van der Waals surface area contributed by atoms with E-state index in [1.54, 1.807) is 7.11 Å². The van der Waals surface area contributed by atoms with Gasteiger partial charge < -0.3 is 19.7 Å². The normalized spacial score (nSPS) is 16.9. The molecule has 0 aromatic carbocycles. The fourth-order valence-corrected chi connectivity index (χ4v) is 1.73. The van der Waals surface area contributed by atoms with Crippen LogP contribution in [0.4, 0.5) is 17.8 Å². The van der Waals surface area contributed by atoms with Crippen LogP contribution in [0.5, 0.6) is 0 Å². The molecule has 0 spiro atoms. The van der Waals surface area contributed by atoms with E-state index in [-0.39, 0.29) is 6.10 Å². The number of aromatic nitrogens is 3. The smallest absolute Gasteiger partial charge is 0.243 e. The third kappa shape index (κ3) is 3.89. The maximum absolute atomic E-state index is 5.40. The highest BCUT2D eigenvalue weighted by Gasteiger charge is 2.16. The zero-order valence-corrected chi connectivity index (χ0v) is 11.8. The maximum atomic E-state index is 5.40. The van der Waals surface area contributed by atoms with Crippen molar-refractivity contribution in [3.63, 3.8) is 0 Å². The van der Waals surface area contributed by atoms with E-state index in [0.29, 0.717) is 37.6 Å². The lowest BCUT2D eigenvalue weighted by atomic mass is 10.4. The fourth-order valence-electron chi connectivity index (χ4n) is 1.73. The largest absolute Gasteiger partial charge is 0.380 e. The van der Waals surface area contributed by atoms with Gasteiger partial charge in [-0.15, -0.1) is 0 Å². The van der Waals surface area contributed by atoms with Gasteiger partial charge in [0.1, 0.15) is 0 Å². The van der Waals surface area contributed by atoms with Crippen LogP contribution >= 0.6 is 0 Å². The van der Waals surface area contributed by atoms with Gasteiger partial charge in [0.25, 0.3) is 0 Å². The van der Waals surface area contributed by atoms with Crippen molar-refractivity contribution in [2.75, 3.05) is 55.6 Å². The number of nitrogen functional groups attached to an aromatic ring is 1. The second kappa shape index (κ2) is 7.17. The monoisotopic (exact) mass is 283 g/mol. The lowest BCUT2D eigenvalue weighted by Crippen LogP contribution is -2.37. The van der Waals surface area contributed by atoms with Gasteiger partial charge in [-0.25, -0.2) is 5.84 Å². The average molecular weight is 283 g/mol. The second-order valence-corrected chi connectivity index (χ2v) is 4.45. The maximum Gasteiger partial charge on any atom is 0.243 e. The molecule has 20 heavy (non-hydrogen) atoms. The highest BCUT2D eigenvalue weighted by atomic mass is 16.5. The van der Waals surface area contributed by atoms with Crippen LogP contribution in [0.25, 0.3) is 0 Å². The van der Waals surface area contributed by atoms with Crippen molar-refractivity contribution in [1.29, 1.82) is 0 Å².